The molecule has 1 aromatic rings. The van der Waals surface area contributed by atoms with Gasteiger partial charge in [0.1, 0.15) is 17.2 Å². The highest BCUT2D eigenvalue weighted by Gasteiger charge is 2.41. The van der Waals surface area contributed by atoms with Gasteiger partial charge in [-0.3, -0.25) is 0 Å². The van der Waals surface area contributed by atoms with Gasteiger partial charge in [-0.2, -0.15) is 0 Å². The zero-order valence-corrected chi connectivity index (χ0v) is 13.1. The summed E-state index contributed by atoms with van der Waals surface area (Å²) in [6.45, 7) is 4.63. The number of halogens is 1. The van der Waals surface area contributed by atoms with Gasteiger partial charge in [-0.05, 0) is 55.7 Å². The molecule has 2 unspecified atom stereocenters. The van der Waals surface area contributed by atoms with Crippen LogP contribution in [0.5, 0.6) is 5.75 Å². The molecule has 0 radical (unpaired) electrons. The lowest BCUT2D eigenvalue weighted by molar-refractivity contribution is 0.0197. The van der Waals surface area contributed by atoms with Crippen LogP contribution in [0.3, 0.4) is 0 Å². The van der Waals surface area contributed by atoms with Crippen molar-refractivity contribution in [3.8, 4) is 5.75 Å². The van der Waals surface area contributed by atoms with Gasteiger partial charge < -0.3 is 10.5 Å². The molecular formula is C18H26FNO. The highest BCUT2D eigenvalue weighted by atomic mass is 19.1. The third-order valence-corrected chi connectivity index (χ3v) is 5.41. The number of hydrogen-bond acceptors (Lipinski definition) is 2. The van der Waals surface area contributed by atoms with Crippen LogP contribution in [-0.4, -0.2) is 5.60 Å². The molecule has 3 rings (SSSR count). The van der Waals surface area contributed by atoms with Crippen molar-refractivity contribution in [3.05, 3.63) is 29.6 Å². The van der Waals surface area contributed by atoms with Crippen molar-refractivity contribution in [2.45, 2.75) is 64.0 Å². The lowest BCUT2D eigenvalue weighted by Crippen LogP contribution is -2.42. The SMILES string of the molecule is CC(C)C1CCCC2(CC1)C[C@H](N)c1cc(F)ccc1O2. The number of nitrogens with two attached hydrogens (primary N) is 1. The molecule has 1 spiro atoms. The molecule has 0 bridgehead atoms. The van der Waals surface area contributed by atoms with E-state index in [0.29, 0.717) is 0 Å². The summed E-state index contributed by atoms with van der Waals surface area (Å²) in [4.78, 5) is 0. The standard InChI is InChI=1S/C18H26FNO/c1-12(2)13-4-3-8-18(9-7-13)11-16(20)15-10-14(19)5-6-17(15)21-18/h5-6,10,12-13,16H,3-4,7-9,11,20H2,1-2H3/t13?,16-,18?/m0/s1. The molecule has 1 fully saturated rings. The van der Waals surface area contributed by atoms with Crippen molar-refractivity contribution in [2.24, 2.45) is 17.6 Å². The van der Waals surface area contributed by atoms with Gasteiger partial charge in [0.05, 0.1) is 0 Å². The summed E-state index contributed by atoms with van der Waals surface area (Å²) >= 11 is 0. The molecule has 21 heavy (non-hydrogen) atoms. The topological polar surface area (TPSA) is 35.2 Å². The molecule has 3 heteroatoms. The molecule has 2 N–H and O–H groups in total. The van der Waals surface area contributed by atoms with Crippen molar-refractivity contribution in [3.63, 3.8) is 0 Å². The minimum atomic E-state index is -0.232. The lowest BCUT2D eigenvalue weighted by atomic mass is 9.81. The Bertz CT molecular complexity index is 516. The summed E-state index contributed by atoms with van der Waals surface area (Å²) in [6.07, 6.45) is 6.65. The van der Waals surface area contributed by atoms with Crippen LogP contribution in [0.1, 0.15) is 64.0 Å². The molecule has 2 aliphatic rings. The average Bonchev–Trinajstić information content (AvgIpc) is 2.63. The Kier molecular flexibility index (Phi) is 3.96. The fourth-order valence-electron chi connectivity index (χ4n) is 4.06. The van der Waals surface area contributed by atoms with Gasteiger partial charge in [-0.1, -0.05) is 20.3 Å². The number of benzene rings is 1. The Labute approximate surface area is 126 Å². The van der Waals surface area contributed by atoms with Crippen molar-refractivity contribution < 1.29 is 9.13 Å². The predicted molar refractivity (Wildman–Crippen MR) is 82.7 cm³/mol. The molecule has 0 saturated heterocycles. The second kappa shape index (κ2) is 5.60. The molecule has 1 aromatic carbocycles. The predicted octanol–water partition coefficient (Wildman–Crippen LogP) is 4.58. The molecule has 3 atom stereocenters. The largest absolute Gasteiger partial charge is 0.487 e. The zero-order chi connectivity index (χ0) is 15.0. The van der Waals surface area contributed by atoms with Gasteiger partial charge in [0.15, 0.2) is 0 Å². The Morgan fingerprint density at radius 1 is 1.29 bits per heavy atom. The summed E-state index contributed by atoms with van der Waals surface area (Å²) in [5.74, 6) is 2.08. The van der Waals surface area contributed by atoms with E-state index in [1.54, 1.807) is 6.07 Å². The Morgan fingerprint density at radius 3 is 2.86 bits per heavy atom. The van der Waals surface area contributed by atoms with Crippen LogP contribution in [0.2, 0.25) is 0 Å². The first-order chi connectivity index (χ1) is 9.99. The van der Waals surface area contributed by atoms with Gasteiger partial charge in [-0.25, -0.2) is 4.39 Å². The normalized spacial score (nSPS) is 32.6. The van der Waals surface area contributed by atoms with Gasteiger partial charge in [0.2, 0.25) is 0 Å². The van der Waals surface area contributed by atoms with E-state index in [2.05, 4.69) is 13.8 Å². The van der Waals surface area contributed by atoms with Crippen molar-refractivity contribution >= 4 is 0 Å². The fraction of sp³-hybridized carbons (Fsp3) is 0.667. The van der Waals surface area contributed by atoms with Gasteiger partial charge in [0.25, 0.3) is 0 Å². The average molecular weight is 291 g/mol. The Hall–Kier alpha value is -1.09. The third kappa shape index (κ3) is 2.94. The maximum absolute atomic E-state index is 13.4. The second-order valence-electron chi connectivity index (χ2n) is 7.21. The van der Waals surface area contributed by atoms with E-state index in [4.69, 9.17) is 10.5 Å². The van der Waals surface area contributed by atoms with E-state index in [9.17, 15) is 4.39 Å². The summed E-state index contributed by atoms with van der Waals surface area (Å²) in [7, 11) is 0. The number of fused-ring (bicyclic) bond motifs is 1. The van der Waals surface area contributed by atoms with E-state index >= 15 is 0 Å². The van der Waals surface area contributed by atoms with Gasteiger partial charge in [0, 0.05) is 18.0 Å². The first-order valence-electron chi connectivity index (χ1n) is 8.23. The van der Waals surface area contributed by atoms with E-state index in [1.165, 1.54) is 31.4 Å². The number of ether oxygens (including phenoxy) is 1. The molecule has 0 amide bonds. The van der Waals surface area contributed by atoms with Crippen molar-refractivity contribution in [2.75, 3.05) is 0 Å². The van der Waals surface area contributed by atoms with Crippen LogP contribution in [0.15, 0.2) is 18.2 Å². The maximum Gasteiger partial charge on any atom is 0.125 e. The molecule has 116 valence electrons. The van der Waals surface area contributed by atoms with E-state index < -0.39 is 0 Å². The van der Waals surface area contributed by atoms with E-state index in [1.807, 2.05) is 0 Å². The third-order valence-electron chi connectivity index (χ3n) is 5.41. The molecule has 0 aromatic heterocycles. The molecular weight excluding hydrogens is 265 g/mol. The number of hydrogen-bond donors (Lipinski definition) is 1. The van der Waals surface area contributed by atoms with Crippen LogP contribution in [-0.2, 0) is 0 Å². The zero-order valence-electron chi connectivity index (χ0n) is 13.1. The van der Waals surface area contributed by atoms with E-state index in [-0.39, 0.29) is 17.5 Å². The van der Waals surface area contributed by atoms with Crippen LogP contribution < -0.4 is 10.5 Å². The highest BCUT2D eigenvalue weighted by molar-refractivity contribution is 5.39. The molecule has 1 saturated carbocycles. The smallest absolute Gasteiger partial charge is 0.125 e. The Balaban J connectivity index is 1.82. The summed E-state index contributed by atoms with van der Waals surface area (Å²) in [6, 6.07) is 4.63. The van der Waals surface area contributed by atoms with Crippen LogP contribution in [0, 0.1) is 17.7 Å². The first-order valence-corrected chi connectivity index (χ1v) is 8.23. The second-order valence-corrected chi connectivity index (χ2v) is 7.21. The quantitative estimate of drug-likeness (QED) is 0.821. The highest BCUT2D eigenvalue weighted by Crippen LogP contribution is 2.46. The van der Waals surface area contributed by atoms with Gasteiger partial charge >= 0.3 is 0 Å². The van der Waals surface area contributed by atoms with Crippen molar-refractivity contribution in [1.82, 2.24) is 0 Å². The fourth-order valence-corrected chi connectivity index (χ4v) is 4.06. The molecule has 1 aliphatic carbocycles. The lowest BCUT2D eigenvalue weighted by Gasteiger charge is -2.41. The maximum atomic E-state index is 13.4. The van der Waals surface area contributed by atoms with Crippen LogP contribution >= 0.6 is 0 Å². The summed E-state index contributed by atoms with van der Waals surface area (Å²) in [5.41, 5.74) is 7.01. The minimum Gasteiger partial charge on any atom is -0.487 e. The Morgan fingerprint density at radius 2 is 2.10 bits per heavy atom. The summed E-state index contributed by atoms with van der Waals surface area (Å²) in [5, 5.41) is 0. The summed E-state index contributed by atoms with van der Waals surface area (Å²) < 4.78 is 19.7. The monoisotopic (exact) mass is 291 g/mol. The minimum absolute atomic E-state index is 0.111. The molecule has 1 heterocycles. The van der Waals surface area contributed by atoms with Crippen molar-refractivity contribution in [1.29, 1.82) is 0 Å². The molecule has 2 nitrogen and oxygen atoms in total. The van der Waals surface area contributed by atoms with Gasteiger partial charge in [-0.15, -0.1) is 0 Å². The first kappa shape index (κ1) is 14.8. The van der Waals surface area contributed by atoms with E-state index in [0.717, 1.165) is 42.4 Å². The number of rotatable bonds is 1. The van der Waals surface area contributed by atoms with Crippen LogP contribution in [0.25, 0.3) is 0 Å². The molecule has 1 aliphatic heterocycles. The van der Waals surface area contributed by atoms with Crippen LogP contribution in [0.4, 0.5) is 4.39 Å².